The number of rotatable bonds is 5. The van der Waals surface area contributed by atoms with E-state index in [0.29, 0.717) is 35.5 Å². The van der Waals surface area contributed by atoms with Crippen LogP contribution in [-0.4, -0.2) is 53.5 Å². The molecule has 0 aromatic carbocycles. The van der Waals surface area contributed by atoms with Gasteiger partial charge in [-0.2, -0.15) is 0 Å². The average Bonchev–Trinajstić information content (AvgIpc) is 3.21. The van der Waals surface area contributed by atoms with E-state index in [1.54, 1.807) is 0 Å². The molecule has 5 heteroatoms. The van der Waals surface area contributed by atoms with E-state index in [1.807, 2.05) is 20.8 Å². The largest absolute Gasteiger partial charge is 0.391 e. The molecule has 0 spiro atoms. The van der Waals surface area contributed by atoms with Crippen molar-refractivity contribution in [2.75, 3.05) is 19.6 Å². The smallest absolute Gasteiger partial charge is 0.225 e. The fraction of sp³-hybridized carbons (Fsp3) is 0.889. The predicted octanol–water partition coefficient (Wildman–Crippen LogP) is 6.64. The predicted molar refractivity (Wildman–Crippen MR) is 166 cm³/mol. The molecule has 1 saturated heterocycles. The summed E-state index contributed by atoms with van der Waals surface area (Å²) in [6.07, 6.45) is 10.7. The molecule has 5 nitrogen and oxygen atoms in total. The molecule has 232 valence electrons. The number of carbonyl (C=O) groups excluding carboxylic acids is 2. The normalized spacial score (nSPS) is 45.3. The fourth-order valence-corrected chi connectivity index (χ4v) is 10.8. The number of likely N-dealkylation sites (tertiary alicyclic amines) is 1. The third-order valence-electron chi connectivity index (χ3n) is 13.2. The summed E-state index contributed by atoms with van der Waals surface area (Å²) in [7, 11) is 0. The first-order chi connectivity index (χ1) is 19.1. The Morgan fingerprint density at radius 2 is 1.80 bits per heavy atom. The maximum atomic E-state index is 12.5. The highest BCUT2D eigenvalue weighted by atomic mass is 16.3. The van der Waals surface area contributed by atoms with Crippen molar-refractivity contribution < 1.29 is 14.7 Å². The molecule has 5 unspecified atom stereocenters. The number of carbonyl (C=O) groups is 2. The summed E-state index contributed by atoms with van der Waals surface area (Å²) in [6, 6.07) is -0.0465. The van der Waals surface area contributed by atoms with Gasteiger partial charge in [0.1, 0.15) is 5.78 Å². The summed E-state index contributed by atoms with van der Waals surface area (Å²) in [6.45, 7) is 22.7. The fourth-order valence-electron chi connectivity index (χ4n) is 10.8. The molecule has 11 atom stereocenters. The highest BCUT2D eigenvalue weighted by Crippen LogP contribution is 2.66. The number of hydrogen-bond acceptors (Lipinski definition) is 4. The summed E-state index contributed by atoms with van der Waals surface area (Å²) in [5.74, 6) is 5.44. The molecule has 5 fully saturated rings. The first kappa shape index (κ1) is 31.2. The minimum Gasteiger partial charge on any atom is -0.391 e. The van der Waals surface area contributed by atoms with Crippen molar-refractivity contribution in [1.82, 2.24) is 10.2 Å². The second kappa shape index (κ2) is 11.4. The van der Waals surface area contributed by atoms with Gasteiger partial charge in [-0.15, -0.1) is 0 Å². The Hall–Kier alpha value is -1.20. The molecule has 0 radical (unpaired) electrons. The van der Waals surface area contributed by atoms with Gasteiger partial charge in [0.05, 0.1) is 12.1 Å². The number of nitrogens with zero attached hydrogens (tertiary/aromatic N) is 1. The number of nitrogens with one attached hydrogen (secondary N) is 1. The number of ketones is 1. The third kappa shape index (κ3) is 5.85. The molecule has 0 bridgehead atoms. The van der Waals surface area contributed by atoms with Crippen molar-refractivity contribution in [3.8, 4) is 0 Å². The van der Waals surface area contributed by atoms with E-state index in [0.717, 1.165) is 75.3 Å². The molecule has 0 aromatic rings. The Kier molecular flexibility index (Phi) is 8.67. The lowest BCUT2D eigenvalue weighted by Gasteiger charge is -2.52. The standard InChI is InChI=1S/C36H60N2O3/c1-22-17-31(40)32(38(21-22)16-15-37-33(41)34(4,5)6)24(3)35(7)13-12-27-28-10-9-25-18-26(39)11-14-36(25,8)30(28)19-29(27)23(2)20-35/h22-23,25,27-32,40H,3,9-21H2,1-2,4-8H3,(H,37,41)/t22-,23?,25+,27-,28?,29?,30-,31?,32-,35?,36-/m0/s1. The Morgan fingerprint density at radius 1 is 1.07 bits per heavy atom. The van der Waals surface area contributed by atoms with Gasteiger partial charge in [-0.05, 0) is 104 Å². The average molecular weight is 569 g/mol. The van der Waals surface area contributed by atoms with Gasteiger partial charge in [0.15, 0.2) is 0 Å². The minimum absolute atomic E-state index is 0.0107. The van der Waals surface area contributed by atoms with Crippen LogP contribution in [0.5, 0.6) is 0 Å². The number of Topliss-reactive ketones (excluding diaryl/α,β-unsaturated/α-hetero) is 1. The SMILES string of the molecule is C=C([C@H]1C(O)C[C@H](C)CN1CCNC(=O)C(C)(C)C)C1(C)CC[C@@H]2C(C[C@H]3C2CC[C@@H]2CC(=O)CC[C@@]23C)C(C)C1. The lowest BCUT2D eigenvalue weighted by atomic mass is 9.52. The van der Waals surface area contributed by atoms with Crippen molar-refractivity contribution in [1.29, 1.82) is 0 Å². The summed E-state index contributed by atoms with van der Waals surface area (Å²) in [5, 5.41) is 14.6. The Labute approximate surface area is 250 Å². The second-order valence-corrected chi connectivity index (χ2v) is 17.0. The van der Waals surface area contributed by atoms with Crippen LogP contribution in [0, 0.1) is 57.7 Å². The lowest BCUT2D eigenvalue weighted by Crippen LogP contribution is -2.55. The molecule has 1 heterocycles. The Balaban J connectivity index is 1.29. The number of aliphatic hydroxyl groups excluding tert-OH is 1. The van der Waals surface area contributed by atoms with Crippen molar-refractivity contribution >= 4 is 11.7 Å². The molecule has 4 aliphatic carbocycles. The van der Waals surface area contributed by atoms with E-state index in [-0.39, 0.29) is 17.4 Å². The van der Waals surface area contributed by atoms with Gasteiger partial charge in [-0.3, -0.25) is 14.5 Å². The van der Waals surface area contributed by atoms with Gasteiger partial charge < -0.3 is 10.4 Å². The lowest BCUT2D eigenvalue weighted by molar-refractivity contribution is -0.130. The van der Waals surface area contributed by atoms with Gasteiger partial charge in [0.25, 0.3) is 0 Å². The highest BCUT2D eigenvalue weighted by molar-refractivity contribution is 5.81. The monoisotopic (exact) mass is 568 g/mol. The molecule has 1 amide bonds. The van der Waals surface area contributed by atoms with Gasteiger partial charge in [0.2, 0.25) is 5.91 Å². The van der Waals surface area contributed by atoms with Gasteiger partial charge >= 0.3 is 0 Å². The quantitative estimate of drug-likeness (QED) is 0.365. The van der Waals surface area contributed by atoms with Gasteiger partial charge in [-0.25, -0.2) is 0 Å². The van der Waals surface area contributed by atoms with Crippen LogP contribution < -0.4 is 5.32 Å². The molecule has 4 saturated carbocycles. The van der Waals surface area contributed by atoms with Crippen LogP contribution in [0.2, 0.25) is 0 Å². The summed E-state index contributed by atoms with van der Waals surface area (Å²) in [5.41, 5.74) is 1.20. The highest BCUT2D eigenvalue weighted by Gasteiger charge is 2.59. The molecule has 41 heavy (non-hydrogen) atoms. The van der Waals surface area contributed by atoms with E-state index < -0.39 is 11.5 Å². The Bertz CT molecular complexity index is 1020. The van der Waals surface area contributed by atoms with Gasteiger partial charge in [0, 0.05) is 37.9 Å². The van der Waals surface area contributed by atoms with Crippen LogP contribution in [-0.2, 0) is 9.59 Å². The summed E-state index contributed by atoms with van der Waals surface area (Å²) >= 11 is 0. The van der Waals surface area contributed by atoms with E-state index in [4.69, 9.17) is 6.58 Å². The zero-order chi connectivity index (χ0) is 29.9. The van der Waals surface area contributed by atoms with Crippen molar-refractivity contribution in [2.45, 2.75) is 125 Å². The van der Waals surface area contributed by atoms with E-state index in [9.17, 15) is 14.7 Å². The van der Waals surface area contributed by atoms with Crippen LogP contribution in [0.4, 0.5) is 0 Å². The maximum absolute atomic E-state index is 12.5. The van der Waals surface area contributed by atoms with E-state index >= 15 is 0 Å². The third-order valence-corrected chi connectivity index (χ3v) is 13.2. The van der Waals surface area contributed by atoms with Crippen molar-refractivity contribution in [3.05, 3.63) is 12.2 Å². The first-order valence-electron chi connectivity index (χ1n) is 17.1. The molecular formula is C36H60N2O3. The zero-order valence-corrected chi connectivity index (χ0v) is 27.3. The molecule has 5 rings (SSSR count). The molecule has 2 N–H and O–H groups in total. The molecule has 0 aromatic heterocycles. The zero-order valence-electron chi connectivity index (χ0n) is 27.3. The molecular weight excluding hydrogens is 508 g/mol. The summed E-state index contributed by atoms with van der Waals surface area (Å²) < 4.78 is 0. The van der Waals surface area contributed by atoms with E-state index in [1.165, 1.54) is 31.3 Å². The summed E-state index contributed by atoms with van der Waals surface area (Å²) in [4.78, 5) is 27.3. The van der Waals surface area contributed by atoms with Crippen LogP contribution >= 0.6 is 0 Å². The topological polar surface area (TPSA) is 69.6 Å². The van der Waals surface area contributed by atoms with Crippen LogP contribution in [0.1, 0.15) is 113 Å². The van der Waals surface area contributed by atoms with E-state index in [2.05, 4.69) is 37.9 Å². The van der Waals surface area contributed by atoms with Gasteiger partial charge in [-0.1, -0.05) is 60.6 Å². The number of piperidine rings is 1. The first-order valence-corrected chi connectivity index (χ1v) is 17.1. The number of amides is 1. The van der Waals surface area contributed by atoms with Crippen LogP contribution in [0.3, 0.4) is 0 Å². The van der Waals surface area contributed by atoms with Crippen molar-refractivity contribution in [3.63, 3.8) is 0 Å². The number of fused-ring (bicyclic) bond motifs is 5. The number of hydrogen-bond donors (Lipinski definition) is 2. The number of aliphatic hydroxyl groups is 1. The van der Waals surface area contributed by atoms with Crippen molar-refractivity contribution in [2.24, 2.45) is 57.7 Å². The van der Waals surface area contributed by atoms with Crippen LogP contribution in [0.15, 0.2) is 12.2 Å². The minimum atomic E-state index is -0.409. The Morgan fingerprint density at radius 3 is 2.51 bits per heavy atom. The molecule has 1 aliphatic heterocycles. The maximum Gasteiger partial charge on any atom is 0.225 e. The second-order valence-electron chi connectivity index (χ2n) is 17.0. The van der Waals surface area contributed by atoms with Crippen LogP contribution in [0.25, 0.3) is 0 Å². The molecule has 5 aliphatic rings.